The van der Waals surface area contributed by atoms with E-state index in [4.69, 9.17) is 4.74 Å². The molecule has 1 heterocycles. The van der Waals surface area contributed by atoms with Crippen molar-refractivity contribution in [3.8, 4) is 0 Å². The minimum Gasteiger partial charge on any atom is -0.489 e. The Balaban J connectivity index is 2.14. The number of hydrogen-bond donors (Lipinski definition) is 2. The van der Waals surface area contributed by atoms with Crippen molar-refractivity contribution in [1.29, 1.82) is 0 Å². The maximum Gasteiger partial charge on any atom is 0.285 e. The molecule has 2 N–H and O–H groups in total. The molecule has 0 aromatic heterocycles. The number of carbonyl (C=O) groups excluding carboxylic acids is 4. The molecule has 1 rings (SSSR count). The van der Waals surface area contributed by atoms with E-state index in [2.05, 4.69) is 17.2 Å². The van der Waals surface area contributed by atoms with E-state index in [0.717, 1.165) is 4.90 Å². The third kappa shape index (κ3) is 5.39. The highest BCUT2D eigenvalue weighted by atomic mass is 16.5. The van der Waals surface area contributed by atoms with Gasteiger partial charge in [0.05, 0.1) is 6.61 Å². The lowest BCUT2D eigenvalue weighted by molar-refractivity contribution is -0.137. The average molecular weight is 309 g/mol. The molecule has 8 nitrogen and oxygen atoms in total. The van der Waals surface area contributed by atoms with E-state index in [1.807, 2.05) is 0 Å². The lowest BCUT2D eigenvalue weighted by Gasteiger charge is -2.13. The Morgan fingerprint density at radius 3 is 2.36 bits per heavy atom. The van der Waals surface area contributed by atoms with E-state index < -0.39 is 17.7 Å². The van der Waals surface area contributed by atoms with Crippen LogP contribution in [0.5, 0.6) is 0 Å². The Labute approximate surface area is 128 Å². The molecule has 1 aliphatic heterocycles. The number of nitrogens with zero attached hydrogens (tertiary/aromatic N) is 1. The Kier molecular flexibility index (Phi) is 6.81. The number of amides is 4. The highest BCUT2D eigenvalue weighted by Crippen LogP contribution is 2.03. The SMILES string of the molecule is C=C(OCC)C(=O)NCCNC(=O)CCN1C(=O)C=CC1=O. The summed E-state index contributed by atoms with van der Waals surface area (Å²) < 4.78 is 4.93. The van der Waals surface area contributed by atoms with Gasteiger partial charge < -0.3 is 15.4 Å². The molecule has 0 aliphatic carbocycles. The average Bonchev–Trinajstić information content (AvgIpc) is 2.80. The lowest BCUT2D eigenvalue weighted by Crippen LogP contribution is -2.38. The lowest BCUT2D eigenvalue weighted by atomic mass is 10.3. The van der Waals surface area contributed by atoms with Crippen LogP contribution in [-0.4, -0.2) is 54.8 Å². The summed E-state index contributed by atoms with van der Waals surface area (Å²) >= 11 is 0. The van der Waals surface area contributed by atoms with Gasteiger partial charge in [0.2, 0.25) is 5.91 Å². The number of carbonyl (C=O) groups is 4. The maximum atomic E-state index is 11.6. The smallest absolute Gasteiger partial charge is 0.285 e. The van der Waals surface area contributed by atoms with Gasteiger partial charge >= 0.3 is 0 Å². The predicted molar refractivity (Wildman–Crippen MR) is 77.3 cm³/mol. The van der Waals surface area contributed by atoms with Gasteiger partial charge in [0, 0.05) is 38.2 Å². The molecule has 0 bridgehead atoms. The van der Waals surface area contributed by atoms with Crippen LogP contribution in [0.4, 0.5) is 0 Å². The van der Waals surface area contributed by atoms with Gasteiger partial charge in [-0.2, -0.15) is 0 Å². The van der Waals surface area contributed by atoms with Crippen molar-refractivity contribution in [2.75, 3.05) is 26.2 Å². The van der Waals surface area contributed by atoms with Crippen molar-refractivity contribution in [1.82, 2.24) is 15.5 Å². The van der Waals surface area contributed by atoms with Crippen LogP contribution >= 0.6 is 0 Å². The van der Waals surface area contributed by atoms with Gasteiger partial charge in [-0.05, 0) is 6.92 Å². The standard InChI is InChI=1S/C14H19N3O5/c1-3-22-10(2)14(21)16-8-7-15-11(18)6-9-17-12(19)4-5-13(17)20/h4-5H,2-3,6-9H2,1H3,(H,15,18)(H,16,21). The van der Waals surface area contributed by atoms with Crippen LogP contribution in [0.1, 0.15) is 13.3 Å². The monoisotopic (exact) mass is 309 g/mol. The second-order valence-corrected chi connectivity index (χ2v) is 4.37. The third-order valence-corrected chi connectivity index (χ3v) is 2.77. The summed E-state index contributed by atoms with van der Waals surface area (Å²) in [6, 6.07) is 0. The number of nitrogens with one attached hydrogen (secondary N) is 2. The topological polar surface area (TPSA) is 105 Å². The van der Waals surface area contributed by atoms with E-state index in [1.165, 1.54) is 12.2 Å². The van der Waals surface area contributed by atoms with E-state index in [-0.39, 0.29) is 37.7 Å². The molecule has 4 amide bonds. The quantitative estimate of drug-likeness (QED) is 0.248. The number of rotatable bonds is 9. The molecule has 1 aliphatic rings. The first-order valence-corrected chi connectivity index (χ1v) is 6.85. The van der Waals surface area contributed by atoms with E-state index in [0.29, 0.717) is 6.61 Å². The highest BCUT2D eigenvalue weighted by Gasteiger charge is 2.23. The zero-order valence-corrected chi connectivity index (χ0v) is 12.4. The Morgan fingerprint density at radius 1 is 1.18 bits per heavy atom. The molecule has 0 atom stereocenters. The van der Waals surface area contributed by atoms with Crippen LogP contribution in [0.3, 0.4) is 0 Å². The number of imide groups is 1. The van der Waals surface area contributed by atoms with Crippen molar-refractivity contribution in [3.63, 3.8) is 0 Å². The molecule has 0 unspecified atom stereocenters. The van der Waals surface area contributed by atoms with E-state index in [1.54, 1.807) is 6.92 Å². The molecule has 0 radical (unpaired) electrons. The molecule has 0 fully saturated rings. The first-order chi connectivity index (χ1) is 10.5. The minimum absolute atomic E-state index is 0.0127. The molecule has 0 aromatic rings. The molecular formula is C14H19N3O5. The summed E-state index contributed by atoms with van der Waals surface area (Å²) in [7, 11) is 0. The van der Waals surface area contributed by atoms with Gasteiger partial charge in [-0.1, -0.05) is 6.58 Å². The van der Waals surface area contributed by atoms with Crippen molar-refractivity contribution in [3.05, 3.63) is 24.5 Å². The van der Waals surface area contributed by atoms with Crippen LogP contribution in [0, 0.1) is 0 Å². The van der Waals surface area contributed by atoms with Crippen LogP contribution in [-0.2, 0) is 23.9 Å². The van der Waals surface area contributed by atoms with Crippen LogP contribution in [0.25, 0.3) is 0 Å². The van der Waals surface area contributed by atoms with Gasteiger partial charge in [-0.15, -0.1) is 0 Å². The fourth-order valence-corrected chi connectivity index (χ4v) is 1.67. The van der Waals surface area contributed by atoms with Crippen molar-refractivity contribution in [2.24, 2.45) is 0 Å². The van der Waals surface area contributed by atoms with Crippen LogP contribution in [0.15, 0.2) is 24.5 Å². The first kappa shape index (κ1) is 17.4. The van der Waals surface area contributed by atoms with E-state index in [9.17, 15) is 19.2 Å². The van der Waals surface area contributed by atoms with Crippen LogP contribution in [0.2, 0.25) is 0 Å². The molecule has 22 heavy (non-hydrogen) atoms. The predicted octanol–water partition coefficient (Wildman–Crippen LogP) is -0.916. The van der Waals surface area contributed by atoms with Crippen molar-refractivity contribution >= 4 is 23.6 Å². The van der Waals surface area contributed by atoms with Crippen LogP contribution < -0.4 is 10.6 Å². The zero-order valence-electron chi connectivity index (χ0n) is 12.4. The summed E-state index contributed by atoms with van der Waals surface area (Å²) in [5.74, 6) is -1.56. The Bertz CT molecular complexity index is 495. The molecule has 120 valence electrons. The number of ether oxygens (including phenoxy) is 1. The van der Waals surface area contributed by atoms with Gasteiger partial charge in [-0.25, -0.2) is 0 Å². The largest absolute Gasteiger partial charge is 0.489 e. The maximum absolute atomic E-state index is 11.6. The van der Waals surface area contributed by atoms with Crippen molar-refractivity contribution < 1.29 is 23.9 Å². The second kappa shape index (κ2) is 8.60. The normalized spacial score (nSPS) is 13.2. The zero-order chi connectivity index (χ0) is 16.5. The molecule has 0 saturated carbocycles. The van der Waals surface area contributed by atoms with Gasteiger partial charge in [-0.3, -0.25) is 24.1 Å². The Hall–Kier alpha value is -2.64. The third-order valence-electron chi connectivity index (χ3n) is 2.77. The Morgan fingerprint density at radius 2 is 1.77 bits per heavy atom. The summed E-state index contributed by atoms with van der Waals surface area (Å²) in [5, 5.41) is 5.10. The van der Waals surface area contributed by atoms with E-state index >= 15 is 0 Å². The fourth-order valence-electron chi connectivity index (χ4n) is 1.67. The minimum atomic E-state index is -0.435. The molecule has 8 heteroatoms. The second-order valence-electron chi connectivity index (χ2n) is 4.37. The molecule has 0 aromatic carbocycles. The van der Waals surface area contributed by atoms with Gasteiger partial charge in [0.15, 0.2) is 5.76 Å². The van der Waals surface area contributed by atoms with Gasteiger partial charge in [0.1, 0.15) is 0 Å². The summed E-state index contributed by atoms with van der Waals surface area (Å²) in [4.78, 5) is 46.5. The molecule has 0 saturated heterocycles. The fraction of sp³-hybridized carbons (Fsp3) is 0.429. The molecular weight excluding hydrogens is 290 g/mol. The summed E-state index contributed by atoms with van der Waals surface area (Å²) in [5.41, 5.74) is 0. The molecule has 0 spiro atoms. The van der Waals surface area contributed by atoms with Gasteiger partial charge in [0.25, 0.3) is 17.7 Å². The highest BCUT2D eigenvalue weighted by molar-refractivity contribution is 6.13. The number of hydrogen-bond acceptors (Lipinski definition) is 5. The first-order valence-electron chi connectivity index (χ1n) is 6.85. The summed E-state index contributed by atoms with van der Waals surface area (Å²) in [6.45, 7) is 6.02. The van der Waals surface area contributed by atoms with Crippen molar-refractivity contribution in [2.45, 2.75) is 13.3 Å². The summed E-state index contributed by atoms with van der Waals surface area (Å²) in [6.07, 6.45) is 2.35.